The predicted octanol–water partition coefficient (Wildman–Crippen LogP) is 4.22. The van der Waals surface area contributed by atoms with Crippen LogP contribution in [-0.2, 0) is 4.74 Å². The maximum absolute atomic E-state index is 11.5. The number of hydrogen-bond acceptors (Lipinski definition) is 5. The Hall–Kier alpha value is -1.96. The molecule has 1 amide bonds. The summed E-state index contributed by atoms with van der Waals surface area (Å²) in [7, 11) is 0. The molecular formula is C18H28BrN3O4. The highest BCUT2D eigenvalue weighted by atomic mass is 79.9. The second kappa shape index (κ2) is 9.66. The number of carbonyl (C=O) groups is 2. The molecule has 0 radical (unpaired) electrons. The Balaban J connectivity index is 2.43. The molecule has 0 aliphatic carbocycles. The lowest BCUT2D eigenvalue weighted by molar-refractivity contribution is 0.0526. The van der Waals surface area contributed by atoms with Crippen molar-refractivity contribution in [2.75, 3.05) is 17.6 Å². The van der Waals surface area contributed by atoms with Gasteiger partial charge in [0.05, 0.1) is 16.9 Å². The highest BCUT2D eigenvalue weighted by Crippen LogP contribution is 2.29. The second-order valence-corrected chi connectivity index (χ2v) is 8.11. The molecule has 0 aromatic heterocycles. The van der Waals surface area contributed by atoms with E-state index < -0.39 is 17.7 Å². The van der Waals surface area contributed by atoms with Crippen molar-refractivity contribution < 1.29 is 19.4 Å². The number of rotatable bonds is 8. The molecule has 1 aromatic rings. The lowest BCUT2D eigenvalue weighted by Crippen LogP contribution is -2.33. The maximum Gasteiger partial charge on any atom is 0.407 e. The molecule has 0 heterocycles. The predicted molar refractivity (Wildman–Crippen MR) is 107 cm³/mol. The van der Waals surface area contributed by atoms with E-state index in [1.165, 1.54) is 6.07 Å². The second-order valence-electron chi connectivity index (χ2n) is 7.19. The molecule has 7 nitrogen and oxygen atoms in total. The first kappa shape index (κ1) is 22.1. The molecule has 0 fully saturated rings. The van der Waals surface area contributed by atoms with Crippen molar-refractivity contribution in [2.24, 2.45) is 0 Å². The number of alkyl carbamates (subject to hydrolysis) is 1. The van der Waals surface area contributed by atoms with Gasteiger partial charge in [0, 0.05) is 17.1 Å². The highest BCUT2D eigenvalue weighted by molar-refractivity contribution is 9.10. The Morgan fingerprint density at radius 1 is 1.31 bits per heavy atom. The summed E-state index contributed by atoms with van der Waals surface area (Å²) in [6.07, 6.45) is 2.05. The molecule has 1 unspecified atom stereocenters. The minimum absolute atomic E-state index is 0.0399. The standard InChI is InChI=1S/C18H28BrN3O4/c1-11(7-5-6-8-21-17(25)26-18(2,3)4)22-15-13(16(23)24)9-12(19)10-14(15)20/h9-11,22H,5-8,20H2,1-4H3,(H,21,25)(H,23,24). The van der Waals surface area contributed by atoms with Crippen molar-refractivity contribution in [3.63, 3.8) is 0 Å². The van der Waals surface area contributed by atoms with E-state index in [-0.39, 0.29) is 11.6 Å². The van der Waals surface area contributed by atoms with Crippen molar-refractivity contribution >= 4 is 39.4 Å². The van der Waals surface area contributed by atoms with Gasteiger partial charge in [0.25, 0.3) is 0 Å². The van der Waals surface area contributed by atoms with Crippen LogP contribution in [0.15, 0.2) is 16.6 Å². The van der Waals surface area contributed by atoms with Crippen LogP contribution in [0.5, 0.6) is 0 Å². The summed E-state index contributed by atoms with van der Waals surface area (Å²) in [5.74, 6) is -1.03. The molecule has 1 atom stereocenters. The number of nitrogens with one attached hydrogen (secondary N) is 2. The number of ether oxygens (including phenoxy) is 1. The summed E-state index contributed by atoms with van der Waals surface area (Å²) in [5.41, 5.74) is 6.40. The van der Waals surface area contributed by atoms with Gasteiger partial charge in [0.1, 0.15) is 5.60 Å². The van der Waals surface area contributed by atoms with Gasteiger partial charge in [-0.1, -0.05) is 15.9 Å². The molecule has 1 aromatic carbocycles. The van der Waals surface area contributed by atoms with Crippen molar-refractivity contribution in [1.82, 2.24) is 5.32 Å². The van der Waals surface area contributed by atoms with Gasteiger partial charge in [-0.25, -0.2) is 9.59 Å². The van der Waals surface area contributed by atoms with Gasteiger partial charge < -0.3 is 26.2 Å². The van der Waals surface area contributed by atoms with Gasteiger partial charge in [-0.3, -0.25) is 0 Å². The fraction of sp³-hybridized carbons (Fsp3) is 0.556. The van der Waals surface area contributed by atoms with Gasteiger partial charge in [0.15, 0.2) is 0 Å². The van der Waals surface area contributed by atoms with E-state index in [9.17, 15) is 14.7 Å². The van der Waals surface area contributed by atoms with E-state index in [1.807, 2.05) is 27.7 Å². The van der Waals surface area contributed by atoms with Crippen molar-refractivity contribution in [3.8, 4) is 0 Å². The van der Waals surface area contributed by atoms with E-state index in [0.29, 0.717) is 22.4 Å². The zero-order chi connectivity index (χ0) is 19.9. The molecule has 0 bridgehead atoms. The average molecular weight is 430 g/mol. The largest absolute Gasteiger partial charge is 0.478 e. The van der Waals surface area contributed by atoms with Crippen LogP contribution in [0.25, 0.3) is 0 Å². The number of benzene rings is 1. The van der Waals surface area contributed by atoms with Crippen LogP contribution >= 0.6 is 15.9 Å². The minimum atomic E-state index is -1.03. The third-order valence-electron chi connectivity index (χ3n) is 3.49. The number of halogens is 1. The molecule has 0 aliphatic heterocycles. The van der Waals surface area contributed by atoms with Crippen molar-refractivity contribution in [3.05, 3.63) is 22.2 Å². The molecule has 0 spiro atoms. The number of anilines is 2. The molecule has 26 heavy (non-hydrogen) atoms. The topological polar surface area (TPSA) is 114 Å². The van der Waals surface area contributed by atoms with Gasteiger partial charge in [-0.15, -0.1) is 0 Å². The van der Waals surface area contributed by atoms with Crippen LogP contribution in [-0.4, -0.2) is 35.4 Å². The molecule has 0 saturated heterocycles. The van der Waals surface area contributed by atoms with Gasteiger partial charge >= 0.3 is 12.1 Å². The van der Waals surface area contributed by atoms with Gasteiger partial charge in [-0.05, 0) is 59.1 Å². The number of carbonyl (C=O) groups excluding carboxylic acids is 1. The van der Waals surface area contributed by atoms with Crippen LogP contribution < -0.4 is 16.4 Å². The fourth-order valence-electron chi connectivity index (χ4n) is 2.36. The molecule has 5 N–H and O–H groups in total. The van der Waals surface area contributed by atoms with E-state index in [2.05, 4.69) is 26.6 Å². The monoisotopic (exact) mass is 429 g/mol. The SMILES string of the molecule is CC(CCCCNC(=O)OC(C)(C)C)Nc1c(N)cc(Br)cc1C(=O)O. The Bertz CT molecular complexity index is 644. The zero-order valence-corrected chi connectivity index (χ0v) is 17.3. The summed E-state index contributed by atoms with van der Waals surface area (Å²) < 4.78 is 5.79. The van der Waals surface area contributed by atoms with Crippen molar-refractivity contribution in [2.45, 2.75) is 58.6 Å². The molecule has 146 valence electrons. The third kappa shape index (κ3) is 7.95. The molecule has 8 heteroatoms. The molecular weight excluding hydrogens is 402 g/mol. The van der Waals surface area contributed by atoms with Gasteiger partial charge in [0.2, 0.25) is 0 Å². The Kier molecular flexibility index (Phi) is 8.20. The third-order valence-corrected chi connectivity index (χ3v) is 3.94. The number of hydrogen-bond donors (Lipinski definition) is 4. The van der Waals surface area contributed by atoms with Crippen LogP contribution in [0.4, 0.5) is 16.2 Å². The quantitative estimate of drug-likeness (QED) is 0.363. The first-order valence-electron chi connectivity index (χ1n) is 8.55. The number of aromatic carboxylic acids is 1. The summed E-state index contributed by atoms with van der Waals surface area (Å²) in [4.78, 5) is 22.9. The number of amides is 1. The minimum Gasteiger partial charge on any atom is -0.478 e. The van der Waals surface area contributed by atoms with E-state index in [1.54, 1.807) is 6.07 Å². The summed E-state index contributed by atoms with van der Waals surface area (Å²) in [5, 5.41) is 15.2. The Morgan fingerprint density at radius 2 is 1.96 bits per heavy atom. The lowest BCUT2D eigenvalue weighted by Gasteiger charge is -2.20. The number of unbranched alkanes of at least 4 members (excludes halogenated alkanes) is 1. The average Bonchev–Trinajstić information content (AvgIpc) is 2.47. The fourth-order valence-corrected chi connectivity index (χ4v) is 2.83. The highest BCUT2D eigenvalue weighted by Gasteiger charge is 2.17. The number of nitrogen functional groups attached to an aromatic ring is 1. The molecule has 0 saturated carbocycles. The van der Waals surface area contributed by atoms with Crippen LogP contribution in [0.1, 0.15) is 57.3 Å². The number of nitrogens with two attached hydrogens (primary N) is 1. The zero-order valence-electron chi connectivity index (χ0n) is 15.7. The van der Waals surface area contributed by atoms with Crippen LogP contribution in [0, 0.1) is 0 Å². The number of carboxylic acids is 1. The Morgan fingerprint density at radius 3 is 2.54 bits per heavy atom. The lowest BCUT2D eigenvalue weighted by atomic mass is 10.1. The summed E-state index contributed by atoms with van der Waals surface area (Å²) in [6.45, 7) is 7.95. The normalized spacial score (nSPS) is 12.3. The number of carboxylic acid groups (broad SMARTS) is 1. The van der Waals surface area contributed by atoms with Crippen LogP contribution in [0.3, 0.4) is 0 Å². The van der Waals surface area contributed by atoms with Crippen LogP contribution in [0.2, 0.25) is 0 Å². The van der Waals surface area contributed by atoms with E-state index in [0.717, 1.165) is 19.3 Å². The smallest absolute Gasteiger partial charge is 0.407 e. The molecule has 0 aliphatic rings. The Labute approximate surface area is 162 Å². The van der Waals surface area contributed by atoms with E-state index in [4.69, 9.17) is 10.5 Å². The summed E-state index contributed by atoms with van der Waals surface area (Å²) >= 11 is 3.25. The van der Waals surface area contributed by atoms with E-state index >= 15 is 0 Å². The first-order valence-corrected chi connectivity index (χ1v) is 9.34. The maximum atomic E-state index is 11.5. The first-order chi connectivity index (χ1) is 12.0. The van der Waals surface area contributed by atoms with Gasteiger partial charge in [-0.2, -0.15) is 0 Å². The molecule has 1 rings (SSSR count). The van der Waals surface area contributed by atoms with Crippen molar-refractivity contribution in [1.29, 1.82) is 0 Å². The summed E-state index contributed by atoms with van der Waals surface area (Å²) in [6, 6.07) is 3.24.